The maximum atomic E-state index is 9.67. The van der Waals surface area contributed by atoms with Gasteiger partial charge in [0.1, 0.15) is 5.75 Å². The van der Waals surface area contributed by atoms with Crippen LogP contribution in [0.3, 0.4) is 0 Å². The summed E-state index contributed by atoms with van der Waals surface area (Å²) in [6, 6.07) is 18.8. The predicted molar refractivity (Wildman–Crippen MR) is 80.6 cm³/mol. The van der Waals surface area contributed by atoms with E-state index in [1.54, 1.807) is 7.11 Å². The van der Waals surface area contributed by atoms with Gasteiger partial charge in [0.2, 0.25) is 0 Å². The molecule has 1 nitrogen and oxygen atoms in total. The lowest BCUT2D eigenvalue weighted by atomic mass is 9.78. The molecule has 6 heteroatoms. The smallest absolute Gasteiger partial charge is 0.762 e. The lowest BCUT2D eigenvalue weighted by Crippen LogP contribution is -3.00. The molecular weight excluding hydrogens is 295 g/mol. The Balaban J connectivity index is 0.000000791. The number of methoxy groups -OCH3 is 1. The Morgan fingerprint density at radius 3 is 1.64 bits per heavy atom. The van der Waals surface area contributed by atoms with Crippen molar-refractivity contribution in [3.05, 3.63) is 65.7 Å². The fourth-order valence-electron chi connectivity index (χ4n) is 2.03. The van der Waals surface area contributed by atoms with Gasteiger partial charge in [-0.05, 0) is 23.3 Å². The Morgan fingerprint density at radius 1 is 0.818 bits per heavy atom. The second-order valence-corrected chi connectivity index (χ2v) is 4.97. The largest absolute Gasteiger partial charge is 1.00 e. The first kappa shape index (κ1) is 20.0. The van der Waals surface area contributed by atoms with Crippen LogP contribution in [0.5, 0.6) is 5.75 Å². The molecule has 0 fully saturated rings. The minimum atomic E-state index is -3.67. The predicted octanol–water partition coefficient (Wildman–Crippen LogP) is 1.90. The summed E-state index contributed by atoms with van der Waals surface area (Å²) in [5.74, 6) is 0.901. The Bertz CT molecular complexity index is 527. The molecule has 2 aromatic rings. The van der Waals surface area contributed by atoms with Gasteiger partial charge in [0.15, 0.2) is 0 Å². The van der Waals surface area contributed by atoms with Crippen molar-refractivity contribution in [3.8, 4) is 5.75 Å². The average Bonchev–Trinajstić information content (AvgIpc) is 2.47. The van der Waals surface area contributed by atoms with E-state index in [4.69, 9.17) is 4.74 Å². The lowest BCUT2D eigenvalue weighted by Gasteiger charge is -2.26. The SMILES string of the molecule is COc1ccc(C(C)(C)c2ccccc2)cc1.FB(F)F.[F-]. The summed E-state index contributed by atoms with van der Waals surface area (Å²) in [5.41, 5.74) is 2.64. The Morgan fingerprint density at radius 2 is 1.23 bits per heavy atom. The molecule has 0 spiro atoms. The van der Waals surface area contributed by atoms with E-state index in [2.05, 4.69) is 50.2 Å². The van der Waals surface area contributed by atoms with Crippen molar-refractivity contribution in [2.45, 2.75) is 19.3 Å². The molecule has 0 saturated carbocycles. The molecule has 0 N–H and O–H groups in total. The van der Waals surface area contributed by atoms with E-state index >= 15 is 0 Å². The van der Waals surface area contributed by atoms with E-state index in [0.717, 1.165) is 5.75 Å². The molecular formula is C16H18BF4O-. The van der Waals surface area contributed by atoms with Crippen LogP contribution in [0, 0.1) is 0 Å². The van der Waals surface area contributed by atoms with Crippen LogP contribution in [0.4, 0.5) is 12.9 Å². The molecule has 0 aliphatic heterocycles. The van der Waals surface area contributed by atoms with Crippen molar-refractivity contribution in [2.75, 3.05) is 7.11 Å². The van der Waals surface area contributed by atoms with Gasteiger partial charge in [-0.2, -0.15) is 0 Å². The lowest BCUT2D eigenvalue weighted by molar-refractivity contribution is -0.00000759. The van der Waals surface area contributed by atoms with Gasteiger partial charge in [-0.1, -0.05) is 56.3 Å². The van der Waals surface area contributed by atoms with Crippen LogP contribution in [0.25, 0.3) is 0 Å². The molecule has 0 aromatic heterocycles. The molecule has 0 aliphatic rings. The summed E-state index contributed by atoms with van der Waals surface area (Å²) in [7, 11) is -1.97. The van der Waals surface area contributed by atoms with E-state index < -0.39 is 7.54 Å². The third kappa shape index (κ3) is 5.80. The van der Waals surface area contributed by atoms with Crippen molar-refractivity contribution in [2.24, 2.45) is 0 Å². The number of ether oxygens (including phenoxy) is 1. The number of hydrogen-bond donors (Lipinski definition) is 0. The Labute approximate surface area is 128 Å². The number of halogens is 4. The molecule has 2 aromatic carbocycles. The second-order valence-electron chi connectivity index (χ2n) is 4.97. The Hall–Kier alpha value is -1.98. The molecule has 0 radical (unpaired) electrons. The summed E-state index contributed by atoms with van der Waals surface area (Å²) >= 11 is 0. The van der Waals surface area contributed by atoms with Gasteiger partial charge in [-0.25, -0.2) is 0 Å². The number of benzene rings is 2. The number of rotatable bonds is 3. The van der Waals surface area contributed by atoms with Crippen molar-refractivity contribution in [3.63, 3.8) is 0 Å². The molecule has 0 aliphatic carbocycles. The van der Waals surface area contributed by atoms with Crippen molar-refractivity contribution in [1.82, 2.24) is 0 Å². The average molecular weight is 313 g/mol. The van der Waals surface area contributed by atoms with E-state index in [1.807, 2.05) is 18.2 Å². The van der Waals surface area contributed by atoms with Gasteiger partial charge in [0, 0.05) is 5.41 Å². The zero-order valence-corrected chi connectivity index (χ0v) is 12.7. The van der Waals surface area contributed by atoms with Crippen LogP contribution in [0.1, 0.15) is 25.0 Å². The van der Waals surface area contributed by atoms with Gasteiger partial charge in [-0.15, -0.1) is 0 Å². The van der Waals surface area contributed by atoms with E-state index in [-0.39, 0.29) is 10.1 Å². The standard InChI is InChI=1S/C16H18O.BF3.FH/c1-16(2,13-7-5-4-6-8-13)14-9-11-15(17-3)12-10-14;2-1(3)4;/h4-12H,1-3H3;;1H/p-1. The highest BCUT2D eigenvalue weighted by Crippen LogP contribution is 2.31. The highest BCUT2D eigenvalue weighted by atomic mass is 19.4. The van der Waals surface area contributed by atoms with Crippen molar-refractivity contribution < 1.29 is 22.4 Å². The molecule has 0 saturated heterocycles. The summed E-state index contributed by atoms with van der Waals surface area (Å²) in [4.78, 5) is 0. The molecule has 0 amide bonds. The van der Waals surface area contributed by atoms with Gasteiger partial charge < -0.3 is 9.44 Å². The minimum Gasteiger partial charge on any atom is -1.00 e. The quantitative estimate of drug-likeness (QED) is 0.621. The maximum absolute atomic E-state index is 9.67. The van der Waals surface area contributed by atoms with Gasteiger partial charge in [0.05, 0.1) is 7.11 Å². The summed E-state index contributed by atoms with van der Waals surface area (Å²) < 4.78 is 34.2. The van der Waals surface area contributed by atoms with Crippen LogP contribution in [0.2, 0.25) is 0 Å². The third-order valence-electron chi connectivity index (χ3n) is 3.31. The van der Waals surface area contributed by atoms with Crippen molar-refractivity contribution >= 4 is 7.54 Å². The Kier molecular flexibility index (Phi) is 8.31. The first-order valence-electron chi connectivity index (χ1n) is 6.50. The monoisotopic (exact) mass is 313 g/mol. The van der Waals surface area contributed by atoms with Gasteiger partial charge in [0.25, 0.3) is 0 Å². The second kappa shape index (κ2) is 9.13. The summed E-state index contributed by atoms with van der Waals surface area (Å²) in [6.45, 7) is 4.48. The van der Waals surface area contributed by atoms with Gasteiger partial charge >= 0.3 is 7.54 Å². The first-order valence-corrected chi connectivity index (χ1v) is 6.50. The third-order valence-corrected chi connectivity index (χ3v) is 3.31. The highest BCUT2D eigenvalue weighted by Gasteiger charge is 2.22. The normalized spacial score (nSPS) is 9.91. The van der Waals surface area contributed by atoms with Crippen LogP contribution >= 0.6 is 0 Å². The zero-order valence-electron chi connectivity index (χ0n) is 12.7. The topological polar surface area (TPSA) is 9.23 Å². The summed E-state index contributed by atoms with van der Waals surface area (Å²) in [6.07, 6.45) is 0. The van der Waals surface area contributed by atoms with Gasteiger partial charge in [-0.3, -0.25) is 12.9 Å². The minimum absolute atomic E-state index is 0. The molecule has 2 rings (SSSR count). The fraction of sp³-hybridized carbons (Fsp3) is 0.250. The molecule has 120 valence electrons. The molecule has 22 heavy (non-hydrogen) atoms. The molecule has 0 atom stereocenters. The molecule has 0 unspecified atom stereocenters. The zero-order chi connectivity index (χ0) is 15.9. The van der Waals surface area contributed by atoms with Crippen LogP contribution in [-0.4, -0.2) is 14.7 Å². The first-order chi connectivity index (χ1) is 9.87. The highest BCUT2D eigenvalue weighted by molar-refractivity contribution is 6.33. The maximum Gasteiger partial charge on any atom is 0.762 e. The van der Waals surface area contributed by atoms with Crippen molar-refractivity contribution in [1.29, 1.82) is 0 Å². The van der Waals surface area contributed by atoms with E-state index in [9.17, 15) is 12.9 Å². The van der Waals surface area contributed by atoms with E-state index in [1.165, 1.54) is 11.1 Å². The van der Waals surface area contributed by atoms with Crippen LogP contribution in [0.15, 0.2) is 54.6 Å². The molecule has 0 heterocycles. The molecule has 0 bridgehead atoms. The summed E-state index contributed by atoms with van der Waals surface area (Å²) in [5, 5.41) is 0. The van der Waals surface area contributed by atoms with Crippen LogP contribution in [-0.2, 0) is 5.41 Å². The fourth-order valence-corrected chi connectivity index (χ4v) is 2.03. The van der Waals surface area contributed by atoms with E-state index in [0.29, 0.717) is 0 Å². The van der Waals surface area contributed by atoms with Crippen LogP contribution < -0.4 is 9.44 Å². The number of hydrogen-bond acceptors (Lipinski definition) is 1.